The molecule has 0 radical (unpaired) electrons. The van der Waals surface area contributed by atoms with Crippen LogP contribution in [-0.2, 0) is 17.6 Å². The van der Waals surface area contributed by atoms with Crippen molar-refractivity contribution in [2.45, 2.75) is 38.1 Å². The Balaban J connectivity index is 1.37. The SMILES string of the molecule is Cc1cccc(NC(=O)CSc2ccc(-n3nc4c(c3C)CCC4)nn2)c1. The summed E-state index contributed by atoms with van der Waals surface area (Å²) in [5, 5.41) is 16.8. The molecule has 6 nitrogen and oxygen atoms in total. The van der Waals surface area contributed by atoms with Gasteiger partial charge in [-0.05, 0) is 68.5 Å². The normalized spacial score (nSPS) is 12.8. The summed E-state index contributed by atoms with van der Waals surface area (Å²) in [5.74, 6) is 0.947. The Kier molecular flexibility index (Phi) is 4.94. The van der Waals surface area contributed by atoms with Gasteiger partial charge in [-0.25, -0.2) is 4.68 Å². The Morgan fingerprint density at radius 3 is 2.81 bits per heavy atom. The molecule has 1 aliphatic rings. The van der Waals surface area contributed by atoms with Crippen molar-refractivity contribution in [3.05, 3.63) is 58.9 Å². The van der Waals surface area contributed by atoms with Crippen LogP contribution in [0.25, 0.3) is 5.82 Å². The summed E-state index contributed by atoms with van der Waals surface area (Å²) >= 11 is 1.37. The zero-order valence-corrected chi connectivity index (χ0v) is 16.2. The van der Waals surface area contributed by atoms with E-state index in [4.69, 9.17) is 0 Å². The summed E-state index contributed by atoms with van der Waals surface area (Å²) in [5.41, 5.74) is 5.60. The predicted molar refractivity (Wildman–Crippen MR) is 106 cm³/mol. The number of aryl methyl sites for hydroxylation is 2. The van der Waals surface area contributed by atoms with Gasteiger partial charge in [0.1, 0.15) is 5.03 Å². The third-order valence-corrected chi connectivity index (χ3v) is 5.58. The van der Waals surface area contributed by atoms with Crippen molar-refractivity contribution in [3.63, 3.8) is 0 Å². The molecule has 0 bridgehead atoms. The van der Waals surface area contributed by atoms with Gasteiger partial charge in [-0.1, -0.05) is 23.9 Å². The highest BCUT2D eigenvalue weighted by Crippen LogP contribution is 2.26. The lowest BCUT2D eigenvalue weighted by Gasteiger charge is -2.06. The molecule has 138 valence electrons. The highest BCUT2D eigenvalue weighted by atomic mass is 32.2. The van der Waals surface area contributed by atoms with Crippen LogP contribution >= 0.6 is 11.8 Å². The van der Waals surface area contributed by atoms with Crippen LogP contribution in [0.5, 0.6) is 0 Å². The number of hydrogen-bond donors (Lipinski definition) is 1. The van der Waals surface area contributed by atoms with Crippen LogP contribution < -0.4 is 5.32 Å². The van der Waals surface area contributed by atoms with Gasteiger partial charge in [0.2, 0.25) is 5.91 Å². The molecule has 2 aromatic heterocycles. The van der Waals surface area contributed by atoms with E-state index in [9.17, 15) is 4.79 Å². The first-order valence-corrected chi connectivity index (χ1v) is 9.99. The molecular formula is C20H21N5OS. The van der Waals surface area contributed by atoms with Gasteiger partial charge < -0.3 is 5.32 Å². The van der Waals surface area contributed by atoms with Gasteiger partial charge in [0.15, 0.2) is 5.82 Å². The summed E-state index contributed by atoms with van der Waals surface area (Å²) in [4.78, 5) is 12.1. The maximum atomic E-state index is 12.1. The Morgan fingerprint density at radius 1 is 1.19 bits per heavy atom. The quantitative estimate of drug-likeness (QED) is 0.687. The Labute approximate surface area is 162 Å². The lowest BCUT2D eigenvalue weighted by molar-refractivity contribution is -0.113. The van der Waals surface area contributed by atoms with Crippen LogP contribution in [0.15, 0.2) is 41.4 Å². The number of benzene rings is 1. The molecule has 0 fully saturated rings. The highest BCUT2D eigenvalue weighted by molar-refractivity contribution is 7.99. The second kappa shape index (κ2) is 7.52. The number of amides is 1. The third kappa shape index (κ3) is 3.88. The third-order valence-electron chi connectivity index (χ3n) is 4.66. The van der Waals surface area contributed by atoms with Crippen molar-refractivity contribution in [3.8, 4) is 5.82 Å². The predicted octanol–water partition coefficient (Wildman–Crippen LogP) is 3.50. The smallest absolute Gasteiger partial charge is 0.234 e. The van der Waals surface area contributed by atoms with Crippen molar-refractivity contribution in [1.29, 1.82) is 0 Å². The molecule has 0 saturated carbocycles. The molecule has 0 unspecified atom stereocenters. The van der Waals surface area contributed by atoms with Crippen molar-refractivity contribution in [2.75, 3.05) is 11.1 Å². The van der Waals surface area contributed by atoms with Crippen molar-refractivity contribution in [2.24, 2.45) is 0 Å². The number of aromatic nitrogens is 4. The molecule has 3 aromatic rings. The molecule has 27 heavy (non-hydrogen) atoms. The van der Waals surface area contributed by atoms with Gasteiger partial charge >= 0.3 is 0 Å². The number of thioether (sulfide) groups is 1. The minimum absolute atomic E-state index is 0.0594. The molecule has 0 saturated heterocycles. The topological polar surface area (TPSA) is 72.7 Å². The average molecular weight is 379 g/mol. The van der Waals surface area contributed by atoms with Gasteiger partial charge in [0.25, 0.3) is 0 Å². The van der Waals surface area contributed by atoms with Crippen LogP contribution in [0.2, 0.25) is 0 Å². The van der Waals surface area contributed by atoms with Gasteiger partial charge in [-0.2, -0.15) is 5.10 Å². The molecule has 0 aliphatic heterocycles. The van der Waals surface area contributed by atoms with E-state index in [1.807, 2.05) is 48.0 Å². The van der Waals surface area contributed by atoms with Crippen LogP contribution in [0, 0.1) is 13.8 Å². The number of rotatable bonds is 5. The van der Waals surface area contributed by atoms with Crippen molar-refractivity contribution < 1.29 is 4.79 Å². The fourth-order valence-corrected chi connectivity index (χ4v) is 3.95. The fraction of sp³-hybridized carbons (Fsp3) is 0.300. The number of carbonyl (C=O) groups is 1. The minimum atomic E-state index is -0.0594. The fourth-order valence-electron chi connectivity index (χ4n) is 3.34. The van der Waals surface area contributed by atoms with Crippen LogP contribution in [0.1, 0.15) is 28.9 Å². The summed E-state index contributed by atoms with van der Waals surface area (Å²) in [6.45, 7) is 4.08. The van der Waals surface area contributed by atoms with E-state index >= 15 is 0 Å². The lowest BCUT2D eigenvalue weighted by Crippen LogP contribution is -2.14. The molecule has 1 aromatic carbocycles. The average Bonchev–Trinajstić information content (AvgIpc) is 3.24. The molecule has 0 atom stereocenters. The maximum Gasteiger partial charge on any atom is 0.234 e. The van der Waals surface area contributed by atoms with Crippen LogP contribution in [0.3, 0.4) is 0 Å². The molecule has 4 rings (SSSR count). The number of nitrogens with one attached hydrogen (secondary N) is 1. The van der Waals surface area contributed by atoms with E-state index < -0.39 is 0 Å². The van der Waals surface area contributed by atoms with Crippen molar-refractivity contribution in [1.82, 2.24) is 20.0 Å². The summed E-state index contributed by atoms with van der Waals surface area (Å²) in [6.07, 6.45) is 3.32. The first-order valence-electron chi connectivity index (χ1n) is 9.01. The largest absolute Gasteiger partial charge is 0.325 e. The molecule has 1 amide bonds. The number of nitrogens with zero attached hydrogens (tertiary/aromatic N) is 4. The molecule has 0 spiro atoms. The monoisotopic (exact) mass is 379 g/mol. The highest BCUT2D eigenvalue weighted by Gasteiger charge is 2.20. The van der Waals surface area contributed by atoms with Gasteiger partial charge in [-0.3, -0.25) is 4.79 Å². The van der Waals surface area contributed by atoms with Crippen LogP contribution in [0.4, 0.5) is 5.69 Å². The Bertz CT molecular complexity index is 981. The maximum absolute atomic E-state index is 12.1. The van der Waals surface area contributed by atoms with E-state index in [0.29, 0.717) is 0 Å². The molecular weight excluding hydrogens is 358 g/mol. The minimum Gasteiger partial charge on any atom is -0.325 e. The van der Waals surface area contributed by atoms with E-state index in [-0.39, 0.29) is 11.7 Å². The van der Waals surface area contributed by atoms with E-state index in [2.05, 4.69) is 27.5 Å². The number of anilines is 1. The van der Waals surface area contributed by atoms with Gasteiger partial charge in [-0.15, -0.1) is 10.2 Å². The first kappa shape index (κ1) is 17.7. The van der Waals surface area contributed by atoms with Crippen LogP contribution in [-0.4, -0.2) is 31.6 Å². The van der Waals surface area contributed by atoms with E-state index in [1.54, 1.807) is 0 Å². The Hall–Kier alpha value is -2.67. The number of fused-ring (bicyclic) bond motifs is 1. The van der Waals surface area contributed by atoms with Crippen molar-refractivity contribution >= 4 is 23.4 Å². The summed E-state index contributed by atoms with van der Waals surface area (Å²) in [6, 6.07) is 11.5. The second-order valence-electron chi connectivity index (χ2n) is 6.71. The zero-order chi connectivity index (χ0) is 18.8. The lowest BCUT2D eigenvalue weighted by atomic mass is 10.2. The van der Waals surface area contributed by atoms with E-state index in [1.165, 1.54) is 29.4 Å². The standard InChI is InChI=1S/C20H21N5OS/c1-13-5-3-6-15(11-13)21-19(26)12-27-20-10-9-18(22-23-20)25-14(2)16-7-4-8-17(16)24-25/h3,5-6,9-11H,4,7-8,12H2,1-2H3,(H,21,26). The molecule has 2 heterocycles. The summed E-state index contributed by atoms with van der Waals surface area (Å²) in [7, 11) is 0. The zero-order valence-electron chi connectivity index (χ0n) is 15.4. The molecule has 1 aliphatic carbocycles. The molecule has 1 N–H and O–H groups in total. The Morgan fingerprint density at radius 2 is 2.07 bits per heavy atom. The number of carbonyl (C=O) groups excluding carboxylic acids is 1. The molecule has 7 heteroatoms. The second-order valence-corrected chi connectivity index (χ2v) is 7.71. The first-order chi connectivity index (χ1) is 13.1. The van der Waals surface area contributed by atoms with Gasteiger partial charge in [0, 0.05) is 11.4 Å². The number of hydrogen-bond acceptors (Lipinski definition) is 5. The van der Waals surface area contributed by atoms with E-state index in [0.717, 1.165) is 40.6 Å². The summed E-state index contributed by atoms with van der Waals surface area (Å²) < 4.78 is 1.87. The van der Waals surface area contributed by atoms with Gasteiger partial charge in [0.05, 0.1) is 11.4 Å².